The molecule has 11 atom stereocenters. The van der Waals surface area contributed by atoms with E-state index >= 15 is 0 Å². The summed E-state index contributed by atoms with van der Waals surface area (Å²) in [6.45, 7) is 11.6. The predicted octanol–water partition coefficient (Wildman–Crippen LogP) is 4.26. The van der Waals surface area contributed by atoms with E-state index in [0.29, 0.717) is 30.2 Å². The van der Waals surface area contributed by atoms with Gasteiger partial charge in [-0.1, -0.05) is 33.1 Å². The highest BCUT2D eigenvalue weighted by molar-refractivity contribution is 5.22. The van der Waals surface area contributed by atoms with E-state index in [1.54, 1.807) is 0 Å². The Morgan fingerprint density at radius 2 is 1.18 bits per heavy atom. The molecular weight excluding hydrogens is 498 g/mol. The van der Waals surface area contributed by atoms with E-state index in [1.165, 1.54) is 57.8 Å². The van der Waals surface area contributed by atoms with Crippen molar-refractivity contribution in [3.8, 4) is 0 Å². The molecule has 3 aliphatic heterocycles. The van der Waals surface area contributed by atoms with Crippen molar-refractivity contribution in [3.63, 3.8) is 0 Å². The predicted molar refractivity (Wildman–Crippen MR) is 159 cm³/mol. The van der Waals surface area contributed by atoms with E-state index < -0.39 is 11.7 Å². The fourth-order valence-corrected chi connectivity index (χ4v) is 12.2. The van der Waals surface area contributed by atoms with Gasteiger partial charge in [0.25, 0.3) is 0 Å². The lowest BCUT2D eigenvalue weighted by atomic mass is 9.41. The first-order chi connectivity index (χ1) is 19.3. The third kappa shape index (κ3) is 4.31. The summed E-state index contributed by atoms with van der Waals surface area (Å²) in [6.07, 6.45) is 16.6. The van der Waals surface area contributed by atoms with Crippen molar-refractivity contribution in [2.45, 2.75) is 146 Å². The molecule has 40 heavy (non-hydrogen) atoms. The van der Waals surface area contributed by atoms with Gasteiger partial charge in [0.2, 0.25) is 0 Å². The maximum absolute atomic E-state index is 13.0. The van der Waals surface area contributed by atoms with Crippen LogP contribution < -0.4 is 0 Å². The molecule has 3 heterocycles. The van der Waals surface area contributed by atoms with Gasteiger partial charge in [-0.3, -0.25) is 14.7 Å². The zero-order valence-electron chi connectivity index (χ0n) is 25.7. The number of nitrogens with zero attached hydrogens (tertiary/aromatic N) is 3. The molecule has 0 aromatic carbocycles. The smallest absolute Gasteiger partial charge is 0.0883 e. The molecule has 0 radical (unpaired) electrons. The quantitative estimate of drug-likeness (QED) is 0.482. The second-order valence-corrected chi connectivity index (χ2v) is 16.1. The average Bonchev–Trinajstić information content (AvgIpc) is 3.25. The van der Waals surface area contributed by atoms with Crippen LogP contribution in [0.15, 0.2) is 0 Å². The summed E-state index contributed by atoms with van der Waals surface area (Å²) in [5, 5.41) is 36.7. The Labute approximate surface area is 243 Å². The second kappa shape index (κ2) is 10.7. The Balaban J connectivity index is 1.24. The number of aliphatic hydroxyl groups excluding tert-OH is 2. The lowest BCUT2D eigenvalue weighted by Crippen LogP contribution is -2.75. The lowest BCUT2D eigenvalue weighted by Gasteiger charge is -2.69. The highest BCUT2D eigenvalue weighted by Crippen LogP contribution is 2.68. The molecule has 6 nitrogen and oxygen atoms in total. The number of fused-ring (bicyclic) bond motifs is 5. The van der Waals surface area contributed by atoms with Gasteiger partial charge in [-0.05, 0) is 133 Å². The van der Waals surface area contributed by atoms with Crippen molar-refractivity contribution >= 4 is 0 Å². The van der Waals surface area contributed by atoms with Gasteiger partial charge >= 0.3 is 0 Å². The van der Waals surface area contributed by atoms with Gasteiger partial charge in [0.05, 0.1) is 17.8 Å². The van der Waals surface area contributed by atoms with Gasteiger partial charge in [-0.25, -0.2) is 0 Å². The third-order valence-corrected chi connectivity index (χ3v) is 14.4. The fourth-order valence-electron chi connectivity index (χ4n) is 12.2. The third-order valence-electron chi connectivity index (χ3n) is 14.4. The van der Waals surface area contributed by atoms with Crippen LogP contribution in [-0.4, -0.2) is 105 Å². The zero-order valence-corrected chi connectivity index (χ0v) is 25.7. The molecule has 4 aliphatic carbocycles. The molecule has 0 amide bonds. The molecule has 0 aromatic heterocycles. The van der Waals surface area contributed by atoms with Crippen LogP contribution in [-0.2, 0) is 0 Å². The molecule has 7 aliphatic rings. The van der Waals surface area contributed by atoms with Crippen molar-refractivity contribution in [1.82, 2.24) is 14.7 Å². The Kier molecular flexibility index (Phi) is 7.65. The summed E-state index contributed by atoms with van der Waals surface area (Å²) in [4.78, 5) is 7.90. The van der Waals surface area contributed by atoms with Crippen LogP contribution >= 0.6 is 0 Å². The zero-order chi connectivity index (χ0) is 27.7. The molecule has 3 N–H and O–H groups in total. The second-order valence-electron chi connectivity index (χ2n) is 16.1. The van der Waals surface area contributed by atoms with Crippen LogP contribution in [0.1, 0.15) is 110 Å². The Hall–Kier alpha value is -0.240. The SMILES string of the molecule is C[C@]12CC[C@H]3[C@@H](C[C@@H](N4CCCCC4)[C@@]4(O)C[C@H](O)[C@@H](N5CCCCC5)C[C@]34C)[C@@H]1C[C@H](N1CCCCC1)[C@@H]2O. The van der Waals surface area contributed by atoms with Gasteiger partial charge in [-0.2, -0.15) is 0 Å². The molecule has 0 spiro atoms. The van der Waals surface area contributed by atoms with Gasteiger partial charge in [0.15, 0.2) is 0 Å². The molecule has 0 bridgehead atoms. The Bertz CT molecular complexity index is 901. The highest BCUT2D eigenvalue weighted by atomic mass is 16.3. The Morgan fingerprint density at radius 3 is 1.77 bits per heavy atom. The molecule has 7 rings (SSSR count). The van der Waals surface area contributed by atoms with Crippen LogP contribution in [0.2, 0.25) is 0 Å². The normalized spacial score (nSPS) is 53.0. The first-order valence-corrected chi connectivity index (χ1v) is 17.6. The van der Waals surface area contributed by atoms with E-state index in [1.807, 2.05) is 0 Å². The number of likely N-dealkylation sites (tertiary alicyclic amines) is 3. The van der Waals surface area contributed by atoms with Crippen LogP contribution in [0.4, 0.5) is 0 Å². The van der Waals surface area contributed by atoms with Crippen LogP contribution in [0.25, 0.3) is 0 Å². The summed E-state index contributed by atoms with van der Waals surface area (Å²) >= 11 is 0. The highest BCUT2D eigenvalue weighted by Gasteiger charge is 2.70. The fraction of sp³-hybridized carbons (Fsp3) is 1.00. The first kappa shape index (κ1) is 28.5. The van der Waals surface area contributed by atoms with Gasteiger partial charge in [0, 0.05) is 30.0 Å². The van der Waals surface area contributed by atoms with E-state index in [9.17, 15) is 15.3 Å². The van der Waals surface area contributed by atoms with Gasteiger partial charge < -0.3 is 15.3 Å². The molecule has 6 heteroatoms. The molecule has 4 saturated carbocycles. The molecule has 0 aromatic rings. The summed E-state index contributed by atoms with van der Waals surface area (Å²) < 4.78 is 0. The minimum Gasteiger partial charge on any atom is -0.391 e. The van der Waals surface area contributed by atoms with Crippen LogP contribution in [0, 0.1) is 28.6 Å². The molecule has 7 fully saturated rings. The van der Waals surface area contributed by atoms with E-state index in [2.05, 4.69) is 28.5 Å². The topological polar surface area (TPSA) is 70.4 Å². The van der Waals surface area contributed by atoms with Gasteiger partial charge in [-0.15, -0.1) is 0 Å². The molecule has 0 unspecified atom stereocenters. The Morgan fingerprint density at radius 1 is 0.625 bits per heavy atom. The van der Waals surface area contributed by atoms with Crippen molar-refractivity contribution in [2.24, 2.45) is 28.6 Å². The molecular formula is C34H59N3O3. The van der Waals surface area contributed by atoms with Crippen LogP contribution in [0.5, 0.6) is 0 Å². The van der Waals surface area contributed by atoms with E-state index in [4.69, 9.17) is 0 Å². The largest absolute Gasteiger partial charge is 0.391 e. The minimum atomic E-state index is -0.839. The number of hydrogen-bond acceptors (Lipinski definition) is 6. The van der Waals surface area contributed by atoms with E-state index in [0.717, 1.165) is 71.4 Å². The number of piperidine rings is 3. The molecule has 228 valence electrons. The lowest BCUT2D eigenvalue weighted by molar-refractivity contribution is -0.264. The van der Waals surface area contributed by atoms with Crippen molar-refractivity contribution < 1.29 is 15.3 Å². The number of aliphatic hydroxyl groups is 3. The van der Waals surface area contributed by atoms with Gasteiger partial charge in [0.1, 0.15) is 0 Å². The summed E-state index contributed by atoms with van der Waals surface area (Å²) in [5.74, 6) is 1.56. The number of rotatable bonds is 3. The first-order valence-electron chi connectivity index (χ1n) is 17.6. The molecule has 3 saturated heterocycles. The monoisotopic (exact) mass is 557 g/mol. The summed E-state index contributed by atoms with van der Waals surface area (Å²) in [7, 11) is 0. The van der Waals surface area contributed by atoms with Crippen molar-refractivity contribution in [1.29, 1.82) is 0 Å². The minimum absolute atomic E-state index is 0.0119. The number of hydrogen-bond donors (Lipinski definition) is 3. The van der Waals surface area contributed by atoms with E-state index in [-0.39, 0.29) is 29.0 Å². The summed E-state index contributed by atoms with van der Waals surface area (Å²) in [6, 6.07) is 0.616. The maximum atomic E-state index is 13.0. The maximum Gasteiger partial charge on any atom is 0.0883 e. The summed E-state index contributed by atoms with van der Waals surface area (Å²) in [5.41, 5.74) is -1.05. The van der Waals surface area contributed by atoms with Crippen LogP contribution in [0.3, 0.4) is 0 Å². The standard InChI is InChI=1S/C34H59N3O3/c1-32-13-12-25-24(26(32)21-27(31(32)39)35-14-6-3-7-15-35)20-30(37-18-10-5-11-19-37)34(40)23-29(38)28(22-33(25,34)2)36-16-8-4-9-17-36/h24-31,38-40H,3-23H2,1-2H3/t24-,25+,26+,27+,28+,29+,30-,31+,32+,33-,34+/m1/s1. The van der Waals surface area contributed by atoms with Crippen molar-refractivity contribution in [2.75, 3.05) is 39.3 Å². The average molecular weight is 558 g/mol. The van der Waals surface area contributed by atoms with Crippen molar-refractivity contribution in [3.05, 3.63) is 0 Å².